The first-order valence-electron chi connectivity index (χ1n) is 13.6. The zero-order chi connectivity index (χ0) is 29.1. The number of benzene rings is 3. The first-order valence-corrected chi connectivity index (χ1v) is 13.6. The first-order chi connectivity index (χ1) is 20.5. The Kier molecular flexibility index (Phi) is 7.63. The number of amides is 1. The van der Waals surface area contributed by atoms with Crippen LogP contribution in [0, 0.1) is 11.6 Å². The number of aromatic nitrogens is 4. The summed E-state index contributed by atoms with van der Waals surface area (Å²) in [4.78, 5) is 30.9. The summed E-state index contributed by atoms with van der Waals surface area (Å²) in [5, 5.41) is 3.43. The number of methoxy groups -OCH3 is 1. The van der Waals surface area contributed by atoms with Crippen molar-refractivity contribution in [3.63, 3.8) is 0 Å². The van der Waals surface area contributed by atoms with Gasteiger partial charge in [0.15, 0.2) is 17.0 Å². The molecule has 0 atom stereocenters. The molecule has 3 aromatic carbocycles. The van der Waals surface area contributed by atoms with Crippen molar-refractivity contribution in [2.24, 2.45) is 0 Å². The van der Waals surface area contributed by atoms with E-state index < -0.39 is 17.5 Å². The topological polar surface area (TPSA) is 88.4 Å². The molecule has 214 valence electrons. The third-order valence-electron chi connectivity index (χ3n) is 7.25. The second kappa shape index (κ2) is 11.8. The molecular weight excluding hydrogens is 540 g/mol. The predicted molar refractivity (Wildman–Crippen MR) is 156 cm³/mol. The van der Waals surface area contributed by atoms with Crippen LogP contribution in [0.5, 0.6) is 5.75 Å². The lowest BCUT2D eigenvalue weighted by molar-refractivity contribution is 0.0745. The molecule has 11 heteroatoms. The average molecular weight is 570 g/mol. The lowest BCUT2D eigenvalue weighted by Crippen LogP contribution is -2.49. The van der Waals surface area contributed by atoms with E-state index in [4.69, 9.17) is 14.7 Å². The molecule has 1 saturated heterocycles. The zero-order valence-electron chi connectivity index (χ0n) is 23.0. The quantitative estimate of drug-likeness (QED) is 0.289. The zero-order valence-corrected chi connectivity index (χ0v) is 23.0. The van der Waals surface area contributed by atoms with Gasteiger partial charge in [0.25, 0.3) is 5.91 Å². The second-order valence-electron chi connectivity index (χ2n) is 10.0. The summed E-state index contributed by atoms with van der Waals surface area (Å²) in [6.07, 6.45) is 1.76. The number of hydrogen-bond acceptors (Lipinski definition) is 7. The van der Waals surface area contributed by atoms with E-state index in [0.717, 1.165) is 35.1 Å². The Balaban J connectivity index is 1.27. The van der Waals surface area contributed by atoms with Gasteiger partial charge in [-0.05, 0) is 23.8 Å². The molecule has 1 fully saturated rings. The van der Waals surface area contributed by atoms with E-state index in [1.54, 1.807) is 18.3 Å². The van der Waals surface area contributed by atoms with Gasteiger partial charge in [-0.2, -0.15) is 9.97 Å². The molecule has 0 radical (unpaired) electrons. The van der Waals surface area contributed by atoms with Gasteiger partial charge < -0.3 is 24.4 Å². The highest BCUT2D eigenvalue weighted by molar-refractivity contribution is 5.94. The van der Waals surface area contributed by atoms with E-state index in [0.29, 0.717) is 62.2 Å². The maximum atomic E-state index is 13.7. The van der Waals surface area contributed by atoms with Crippen LogP contribution < -0.4 is 15.0 Å². The molecule has 0 aliphatic carbocycles. The van der Waals surface area contributed by atoms with Crippen LogP contribution in [0.2, 0.25) is 0 Å². The smallest absolute Gasteiger partial charge is 0.254 e. The normalized spacial score (nSPS) is 13.4. The molecule has 1 aliphatic heterocycles. The Morgan fingerprint density at radius 3 is 2.38 bits per heavy atom. The molecule has 1 N–H and O–H groups in total. The highest BCUT2D eigenvalue weighted by atomic mass is 19.1. The average Bonchev–Trinajstić information content (AvgIpc) is 3.42. The number of imidazole rings is 1. The Morgan fingerprint density at radius 1 is 0.929 bits per heavy atom. The lowest BCUT2D eigenvalue weighted by atomic mass is 10.1. The fourth-order valence-electron chi connectivity index (χ4n) is 5.09. The van der Waals surface area contributed by atoms with Gasteiger partial charge in [-0.15, -0.1) is 0 Å². The molecule has 3 heterocycles. The highest BCUT2D eigenvalue weighted by Crippen LogP contribution is 2.26. The largest absolute Gasteiger partial charge is 0.496 e. The van der Waals surface area contributed by atoms with Gasteiger partial charge >= 0.3 is 0 Å². The number of fused-ring (bicyclic) bond motifs is 1. The van der Waals surface area contributed by atoms with E-state index in [-0.39, 0.29) is 5.56 Å². The van der Waals surface area contributed by atoms with Gasteiger partial charge in [0.05, 0.1) is 20.0 Å². The van der Waals surface area contributed by atoms with Crippen molar-refractivity contribution in [3.05, 3.63) is 107 Å². The highest BCUT2D eigenvalue weighted by Gasteiger charge is 2.26. The number of anilines is 2. The molecule has 1 amide bonds. The summed E-state index contributed by atoms with van der Waals surface area (Å²) >= 11 is 0. The van der Waals surface area contributed by atoms with E-state index in [1.807, 2.05) is 51.9 Å². The molecule has 9 nitrogen and oxygen atoms in total. The fraction of sp³-hybridized carbons (Fsp3) is 0.226. The van der Waals surface area contributed by atoms with Gasteiger partial charge in [-0.1, -0.05) is 48.5 Å². The SMILES string of the molecule is COc1ccccc1CNc1nc(N2CCN(C(=O)c3cc(F)cc(F)c3)CC2)nc2c1ncn2Cc1ccccc1. The van der Waals surface area contributed by atoms with Crippen LogP contribution in [0.25, 0.3) is 11.2 Å². The number of nitrogens with one attached hydrogen (secondary N) is 1. The van der Waals surface area contributed by atoms with Crippen LogP contribution in [-0.4, -0.2) is 63.6 Å². The fourth-order valence-corrected chi connectivity index (χ4v) is 5.09. The number of nitrogens with zero attached hydrogens (tertiary/aromatic N) is 6. The van der Waals surface area contributed by atoms with E-state index in [2.05, 4.69) is 22.4 Å². The first kappa shape index (κ1) is 27.1. The van der Waals surface area contributed by atoms with Crippen LogP contribution in [-0.2, 0) is 13.1 Å². The van der Waals surface area contributed by atoms with Crippen LogP contribution in [0.3, 0.4) is 0 Å². The third kappa shape index (κ3) is 5.71. The number of carbonyl (C=O) groups excluding carboxylic acids is 1. The van der Waals surface area contributed by atoms with Crippen molar-refractivity contribution < 1.29 is 18.3 Å². The minimum Gasteiger partial charge on any atom is -0.496 e. The van der Waals surface area contributed by atoms with E-state index in [9.17, 15) is 13.6 Å². The number of hydrogen-bond donors (Lipinski definition) is 1. The monoisotopic (exact) mass is 569 g/mol. The summed E-state index contributed by atoms with van der Waals surface area (Å²) in [5.41, 5.74) is 3.40. The van der Waals surface area contributed by atoms with Crippen molar-refractivity contribution in [3.8, 4) is 5.75 Å². The van der Waals surface area contributed by atoms with Crippen LogP contribution in [0.4, 0.5) is 20.5 Å². The Bertz CT molecular complexity index is 1700. The summed E-state index contributed by atoms with van der Waals surface area (Å²) in [5.74, 6) is -0.114. The summed E-state index contributed by atoms with van der Waals surface area (Å²) in [6.45, 7) is 2.67. The number of carbonyl (C=O) groups is 1. The lowest BCUT2D eigenvalue weighted by Gasteiger charge is -2.35. The molecule has 0 spiro atoms. The maximum absolute atomic E-state index is 13.7. The van der Waals surface area contributed by atoms with Gasteiger partial charge in [0.2, 0.25) is 5.95 Å². The number of piperazine rings is 1. The predicted octanol–water partition coefficient (Wildman–Crippen LogP) is 4.74. The second-order valence-corrected chi connectivity index (χ2v) is 10.0. The molecule has 6 rings (SSSR count). The van der Waals surface area contributed by atoms with Crippen molar-refractivity contribution in [2.75, 3.05) is 43.5 Å². The summed E-state index contributed by atoms with van der Waals surface area (Å²) in [6, 6.07) is 20.7. The summed E-state index contributed by atoms with van der Waals surface area (Å²) in [7, 11) is 1.64. The number of para-hydroxylation sites is 1. The van der Waals surface area contributed by atoms with Crippen molar-refractivity contribution in [2.45, 2.75) is 13.1 Å². The van der Waals surface area contributed by atoms with Crippen LogP contribution in [0.15, 0.2) is 79.1 Å². The molecular formula is C31H29F2N7O2. The molecule has 0 unspecified atom stereocenters. The van der Waals surface area contributed by atoms with Gasteiger partial charge in [-0.25, -0.2) is 13.8 Å². The van der Waals surface area contributed by atoms with Crippen molar-refractivity contribution in [1.29, 1.82) is 0 Å². The van der Waals surface area contributed by atoms with Gasteiger partial charge in [0, 0.05) is 49.9 Å². The van der Waals surface area contributed by atoms with Gasteiger partial charge in [0.1, 0.15) is 17.4 Å². The molecule has 0 bridgehead atoms. The Labute approximate surface area is 241 Å². The standard InChI is InChI=1S/C31H29F2N7O2/c1-42-26-10-6-5-9-22(26)18-34-28-27-29(40(20-35-27)19-21-7-3-2-4-8-21)37-31(36-28)39-13-11-38(12-14-39)30(41)23-15-24(32)17-25(33)16-23/h2-10,15-17,20H,11-14,18-19H2,1H3,(H,34,36,37). The molecule has 2 aromatic heterocycles. The number of rotatable bonds is 8. The minimum atomic E-state index is -0.779. The molecule has 5 aromatic rings. The van der Waals surface area contributed by atoms with Crippen molar-refractivity contribution in [1.82, 2.24) is 24.4 Å². The van der Waals surface area contributed by atoms with E-state index in [1.165, 1.54) is 0 Å². The molecule has 42 heavy (non-hydrogen) atoms. The molecule has 1 aliphatic rings. The summed E-state index contributed by atoms with van der Waals surface area (Å²) < 4.78 is 34.9. The van der Waals surface area contributed by atoms with Gasteiger partial charge in [-0.3, -0.25) is 4.79 Å². The maximum Gasteiger partial charge on any atom is 0.254 e. The number of halogens is 2. The van der Waals surface area contributed by atoms with Crippen molar-refractivity contribution >= 4 is 28.8 Å². The van der Waals surface area contributed by atoms with Crippen LogP contribution in [0.1, 0.15) is 21.5 Å². The Hall–Kier alpha value is -5.06. The van der Waals surface area contributed by atoms with E-state index >= 15 is 0 Å². The molecule has 0 saturated carbocycles. The number of ether oxygens (including phenoxy) is 1. The third-order valence-corrected chi connectivity index (χ3v) is 7.25. The Morgan fingerprint density at radius 2 is 1.64 bits per heavy atom. The minimum absolute atomic E-state index is 0.00809. The van der Waals surface area contributed by atoms with Crippen LogP contribution >= 0.6 is 0 Å².